The van der Waals surface area contributed by atoms with Gasteiger partial charge in [-0.2, -0.15) is 0 Å². The third-order valence-corrected chi connectivity index (χ3v) is 0.759. The molecule has 1 N–H and O–H groups in total. The Balaban J connectivity index is 3.87. The van der Waals surface area contributed by atoms with Crippen LogP contribution in [0.4, 0.5) is 0 Å². The zero-order chi connectivity index (χ0) is 7.28. The van der Waals surface area contributed by atoms with Crippen LogP contribution >= 0.6 is 0 Å². The minimum Gasteiger partial charge on any atom is -0.274 e. The summed E-state index contributed by atoms with van der Waals surface area (Å²) in [5.74, 6) is -0.451. The van der Waals surface area contributed by atoms with E-state index in [1.165, 1.54) is 14.2 Å². The molecule has 0 aliphatic heterocycles. The van der Waals surface area contributed by atoms with Gasteiger partial charge in [0.2, 0.25) is 0 Å². The summed E-state index contributed by atoms with van der Waals surface area (Å²) >= 11 is 0. The summed E-state index contributed by atoms with van der Waals surface area (Å²) in [5.41, 5.74) is 6.27. The number of nitrogens with one attached hydrogen (secondary N) is 1. The molecule has 0 saturated carbocycles. The maximum Gasteiger partial charge on any atom is 0.396 e. The molecule has 0 aromatic carbocycles. The number of carbonyl (C=O) groups excluding carboxylic acids is 1. The Morgan fingerprint density at radius 3 is 2.78 bits per heavy atom. The fourth-order valence-corrected chi connectivity index (χ4v) is 0.226. The van der Waals surface area contributed by atoms with Crippen LogP contribution in [-0.2, 0) is 9.63 Å². The van der Waals surface area contributed by atoms with Crippen LogP contribution in [0.5, 0.6) is 0 Å². The molecule has 5 nitrogen and oxygen atoms in total. The van der Waals surface area contributed by atoms with Gasteiger partial charge in [0, 0.05) is 7.05 Å². The first kappa shape index (κ1) is 7.81. The van der Waals surface area contributed by atoms with Crippen LogP contribution in [0.2, 0.25) is 0 Å². The van der Waals surface area contributed by atoms with E-state index in [0.29, 0.717) is 0 Å². The number of carbonyl (C=O) groups is 1. The topological polar surface area (TPSA) is 67.5 Å². The van der Waals surface area contributed by atoms with E-state index in [1.807, 2.05) is 0 Å². The highest BCUT2D eigenvalue weighted by molar-refractivity contribution is 6.23. The van der Waals surface area contributed by atoms with Crippen molar-refractivity contribution in [2.24, 2.45) is 0 Å². The average molecular weight is 130 g/mol. The molecule has 0 aliphatic carbocycles. The molecule has 0 atom stereocenters. The van der Waals surface area contributed by atoms with Crippen molar-refractivity contribution in [1.29, 1.82) is 5.53 Å². The van der Waals surface area contributed by atoms with Gasteiger partial charge in [-0.15, -0.1) is 0 Å². The molecule has 0 radical (unpaired) electrons. The summed E-state index contributed by atoms with van der Waals surface area (Å²) in [6.07, 6.45) is 0.851. The highest BCUT2D eigenvalue weighted by Gasteiger charge is 2.08. The van der Waals surface area contributed by atoms with Crippen LogP contribution in [0, 0.1) is 5.53 Å². The van der Waals surface area contributed by atoms with Crippen molar-refractivity contribution in [3.8, 4) is 0 Å². The zero-order valence-corrected chi connectivity index (χ0v) is 5.29. The molecule has 0 heterocycles. The van der Waals surface area contributed by atoms with Gasteiger partial charge in [-0.1, -0.05) is 0 Å². The molecule has 0 saturated heterocycles. The summed E-state index contributed by atoms with van der Waals surface area (Å²) in [5, 5.41) is 0.970. The maximum atomic E-state index is 10.5. The largest absolute Gasteiger partial charge is 0.396 e. The van der Waals surface area contributed by atoms with Crippen molar-refractivity contribution in [3.05, 3.63) is 0 Å². The Labute approximate surface area is 52.4 Å². The number of nitrogens with zero attached hydrogens (tertiary/aromatic N) is 2. The number of rotatable bonds is 2. The van der Waals surface area contributed by atoms with Gasteiger partial charge in [0.15, 0.2) is 0 Å². The van der Waals surface area contributed by atoms with Gasteiger partial charge in [0.25, 0.3) is 0 Å². The molecule has 0 aromatic rings. The van der Waals surface area contributed by atoms with Crippen molar-refractivity contribution in [2.45, 2.75) is 0 Å². The predicted molar refractivity (Wildman–Crippen MR) is 28.8 cm³/mol. The molecule has 0 unspecified atom stereocenters. The minimum absolute atomic E-state index is 0.451. The van der Waals surface area contributed by atoms with E-state index in [1.54, 1.807) is 0 Å². The highest BCUT2D eigenvalue weighted by atomic mass is 16.7. The molecule has 50 valence electrons. The number of amides is 1. The molecule has 0 aliphatic rings. The number of hydrogen-bond acceptors (Lipinski definition) is 3. The third-order valence-electron chi connectivity index (χ3n) is 0.759. The fraction of sp³-hybridized carbons (Fsp3) is 0.500. The van der Waals surface area contributed by atoms with E-state index < -0.39 is 5.91 Å². The van der Waals surface area contributed by atoms with E-state index >= 15 is 0 Å². The van der Waals surface area contributed by atoms with Crippen LogP contribution in [0.1, 0.15) is 0 Å². The quantitative estimate of drug-likeness (QED) is 0.233. The Morgan fingerprint density at radius 2 is 2.44 bits per heavy atom. The highest BCUT2D eigenvalue weighted by Crippen LogP contribution is 1.77. The molecular formula is C4H8N3O2+. The third kappa shape index (κ3) is 2.58. The Hall–Kier alpha value is -1.19. The van der Waals surface area contributed by atoms with Gasteiger partial charge in [-0.25, -0.2) is 5.06 Å². The molecule has 0 bridgehead atoms. The second-order valence-corrected chi connectivity index (χ2v) is 1.28. The van der Waals surface area contributed by atoms with Gasteiger partial charge in [0.1, 0.15) is 0 Å². The summed E-state index contributed by atoms with van der Waals surface area (Å²) in [4.78, 5) is 17.7. The first-order chi connectivity index (χ1) is 4.22. The van der Waals surface area contributed by atoms with Crippen molar-refractivity contribution < 1.29 is 14.4 Å². The van der Waals surface area contributed by atoms with Crippen LogP contribution in [-0.4, -0.2) is 36.1 Å². The van der Waals surface area contributed by atoms with Gasteiger partial charge in [0.05, 0.1) is 17.4 Å². The summed E-state index contributed by atoms with van der Waals surface area (Å²) in [7, 11) is 2.79. The Kier molecular flexibility index (Phi) is 3.27. The molecule has 0 rings (SSSR count). The van der Waals surface area contributed by atoms with Gasteiger partial charge >= 0.3 is 12.1 Å². The average Bonchev–Trinajstić information content (AvgIpc) is 1.87. The molecule has 0 spiro atoms. The SMILES string of the molecule is CON(C)C(=O)C=[N+]=N. The van der Waals surface area contributed by atoms with Crippen LogP contribution in [0.3, 0.4) is 0 Å². The Bertz CT molecular complexity index is 150. The second-order valence-electron chi connectivity index (χ2n) is 1.28. The minimum atomic E-state index is -0.451. The van der Waals surface area contributed by atoms with Crippen molar-refractivity contribution >= 4 is 12.1 Å². The second kappa shape index (κ2) is 3.77. The predicted octanol–water partition coefficient (Wildman–Crippen LogP) is -0.684. The first-order valence-corrected chi connectivity index (χ1v) is 2.24. The molecule has 0 aromatic heterocycles. The van der Waals surface area contributed by atoms with Crippen LogP contribution in [0.25, 0.3) is 0 Å². The smallest absolute Gasteiger partial charge is 0.274 e. The lowest BCUT2D eigenvalue weighted by atomic mass is 10.7. The molecule has 0 fully saturated rings. The van der Waals surface area contributed by atoms with Gasteiger partial charge < -0.3 is 0 Å². The maximum absolute atomic E-state index is 10.5. The van der Waals surface area contributed by atoms with Gasteiger partial charge in [-0.3, -0.25) is 9.63 Å². The normalized spacial score (nSPS) is 7.78. The molecule has 9 heavy (non-hydrogen) atoms. The van der Waals surface area contributed by atoms with E-state index in [4.69, 9.17) is 5.53 Å². The van der Waals surface area contributed by atoms with E-state index in [0.717, 1.165) is 11.3 Å². The lowest BCUT2D eigenvalue weighted by Crippen LogP contribution is -2.26. The zero-order valence-electron chi connectivity index (χ0n) is 5.29. The number of hydrogen-bond donors (Lipinski definition) is 1. The summed E-state index contributed by atoms with van der Waals surface area (Å²) in [6.45, 7) is 0. The van der Waals surface area contributed by atoms with Crippen molar-refractivity contribution in [3.63, 3.8) is 0 Å². The first-order valence-electron chi connectivity index (χ1n) is 2.24. The van der Waals surface area contributed by atoms with Crippen molar-refractivity contribution in [1.82, 2.24) is 5.06 Å². The lowest BCUT2D eigenvalue weighted by molar-refractivity contribution is -0.168. The number of hydroxylamine groups is 2. The van der Waals surface area contributed by atoms with Gasteiger partial charge in [-0.05, 0) is 0 Å². The Morgan fingerprint density at radius 1 is 1.89 bits per heavy atom. The lowest BCUT2D eigenvalue weighted by Gasteiger charge is -2.05. The standard InChI is InChI=1S/C4H8N3O2/c1-7(9-2)4(8)3-6-5/h3,5H,1-2H3/q+1. The molecule has 5 heteroatoms. The molecular weight excluding hydrogens is 122 g/mol. The van der Waals surface area contributed by atoms with Crippen LogP contribution in [0.15, 0.2) is 0 Å². The molecule has 1 amide bonds. The van der Waals surface area contributed by atoms with E-state index in [9.17, 15) is 4.79 Å². The van der Waals surface area contributed by atoms with E-state index in [2.05, 4.69) is 9.63 Å². The van der Waals surface area contributed by atoms with E-state index in [-0.39, 0.29) is 0 Å². The van der Waals surface area contributed by atoms with Crippen LogP contribution < -0.4 is 0 Å². The summed E-state index contributed by atoms with van der Waals surface area (Å²) < 4.78 is 0. The monoisotopic (exact) mass is 130 g/mol. The fourth-order valence-electron chi connectivity index (χ4n) is 0.226. The summed E-state index contributed by atoms with van der Waals surface area (Å²) in [6, 6.07) is 0. The van der Waals surface area contributed by atoms with Crippen molar-refractivity contribution in [2.75, 3.05) is 14.2 Å².